The number of aromatic nitrogens is 1. The van der Waals surface area contributed by atoms with E-state index >= 15 is 0 Å². The van der Waals surface area contributed by atoms with Gasteiger partial charge in [-0.1, -0.05) is 66.7 Å². The highest BCUT2D eigenvalue weighted by Gasteiger charge is 2.33. The summed E-state index contributed by atoms with van der Waals surface area (Å²) in [6, 6.07) is 30.7. The predicted octanol–water partition coefficient (Wildman–Crippen LogP) is 6.11. The van der Waals surface area contributed by atoms with E-state index in [2.05, 4.69) is 0 Å². The Kier molecular flexibility index (Phi) is 4.71. The lowest BCUT2D eigenvalue weighted by atomic mass is 9.96. The van der Waals surface area contributed by atoms with Crippen LogP contribution in [0.1, 0.15) is 27.7 Å². The van der Waals surface area contributed by atoms with E-state index in [-0.39, 0.29) is 5.56 Å². The number of carboxylic acid groups (broad SMARTS) is 1. The molecule has 1 aromatic heterocycles. The Morgan fingerprint density at radius 1 is 0.882 bits per heavy atom. The number of aliphatic hydroxyl groups excluding tert-OH is 1. The smallest absolute Gasteiger partial charge is 0.335 e. The average Bonchev–Trinajstić information content (AvgIpc) is 3.36. The van der Waals surface area contributed by atoms with E-state index in [1.165, 1.54) is 0 Å². The molecule has 166 valence electrons. The number of carboxylic acids is 1. The number of hydrogen-bond acceptors (Lipinski definition) is 3. The molecule has 2 heterocycles. The first-order valence-corrected chi connectivity index (χ1v) is 11.1. The number of rotatable bonds is 5. The summed E-state index contributed by atoms with van der Waals surface area (Å²) in [5, 5.41) is 21.9. The molecular formula is C29H21NO4. The third-order valence-electron chi connectivity index (χ3n) is 6.36. The van der Waals surface area contributed by atoms with Crippen molar-refractivity contribution in [3.05, 3.63) is 114 Å². The second-order valence-corrected chi connectivity index (χ2v) is 8.39. The monoisotopic (exact) mass is 447 g/mol. The van der Waals surface area contributed by atoms with Crippen molar-refractivity contribution in [3.8, 4) is 28.1 Å². The number of hydrogen-bond donors (Lipinski definition) is 2. The summed E-state index contributed by atoms with van der Waals surface area (Å²) in [4.78, 5) is 11.7. The van der Waals surface area contributed by atoms with Gasteiger partial charge in [-0.3, -0.25) is 0 Å². The second kappa shape index (κ2) is 7.90. The number of aromatic carboxylic acids is 1. The highest BCUT2D eigenvalue weighted by atomic mass is 16.5. The summed E-state index contributed by atoms with van der Waals surface area (Å²) >= 11 is 0. The molecule has 0 spiro atoms. The molecule has 0 aliphatic carbocycles. The third-order valence-corrected chi connectivity index (χ3v) is 6.36. The molecule has 1 unspecified atom stereocenters. The van der Waals surface area contributed by atoms with Crippen LogP contribution in [0.25, 0.3) is 33.3 Å². The zero-order chi connectivity index (χ0) is 23.2. The van der Waals surface area contributed by atoms with Crippen molar-refractivity contribution in [2.24, 2.45) is 0 Å². The fourth-order valence-corrected chi connectivity index (χ4v) is 4.80. The van der Waals surface area contributed by atoms with E-state index in [9.17, 15) is 15.0 Å². The molecule has 1 aliphatic rings. The fraction of sp³-hybridized carbons (Fsp3) is 0.0690. The first-order valence-electron chi connectivity index (χ1n) is 11.1. The summed E-state index contributed by atoms with van der Waals surface area (Å²) in [6.07, 6.45) is -0.950. The molecule has 0 saturated heterocycles. The van der Waals surface area contributed by atoms with Gasteiger partial charge < -0.3 is 19.5 Å². The number of nitrogens with zero attached hydrogens (tertiary/aromatic N) is 1. The second-order valence-electron chi connectivity index (χ2n) is 8.39. The fourth-order valence-electron chi connectivity index (χ4n) is 4.80. The van der Waals surface area contributed by atoms with Crippen molar-refractivity contribution in [2.45, 2.75) is 12.8 Å². The minimum atomic E-state index is -1.000. The van der Waals surface area contributed by atoms with Gasteiger partial charge in [0.1, 0.15) is 12.4 Å². The van der Waals surface area contributed by atoms with E-state index in [1.54, 1.807) is 12.1 Å². The molecule has 6 rings (SSSR count). The zero-order valence-corrected chi connectivity index (χ0v) is 18.2. The van der Waals surface area contributed by atoms with Crippen LogP contribution in [0.15, 0.2) is 97.1 Å². The molecule has 0 amide bonds. The zero-order valence-electron chi connectivity index (χ0n) is 18.2. The van der Waals surface area contributed by atoms with Crippen LogP contribution in [0.4, 0.5) is 0 Å². The van der Waals surface area contributed by atoms with E-state index in [0.717, 1.165) is 38.9 Å². The molecule has 1 aliphatic heterocycles. The molecule has 0 bridgehead atoms. The molecule has 5 heteroatoms. The lowest BCUT2D eigenvalue weighted by molar-refractivity contribution is 0.0697. The largest absolute Gasteiger partial charge is 0.489 e. The quantitative estimate of drug-likeness (QED) is 0.341. The van der Waals surface area contributed by atoms with Crippen LogP contribution in [-0.4, -0.2) is 20.7 Å². The molecule has 5 aromatic rings. The van der Waals surface area contributed by atoms with Crippen LogP contribution in [0.2, 0.25) is 0 Å². The molecule has 34 heavy (non-hydrogen) atoms. The maximum absolute atomic E-state index is 11.7. The van der Waals surface area contributed by atoms with Crippen LogP contribution in [0, 0.1) is 0 Å². The number of aliphatic hydroxyl groups is 1. The molecule has 5 nitrogen and oxygen atoms in total. The number of ether oxygens (including phenoxy) is 1. The summed E-state index contributed by atoms with van der Waals surface area (Å²) < 4.78 is 7.83. The maximum Gasteiger partial charge on any atom is 0.335 e. The van der Waals surface area contributed by atoms with Crippen molar-refractivity contribution >= 4 is 16.9 Å². The number of fused-ring (bicyclic) bond motifs is 5. The SMILES string of the molecule is O=C(O)c1ccc2c(-c3ccccc3)c3n(c2c1)C(O)c1cc(OCc2ccccc2)ccc1-3. The highest BCUT2D eigenvalue weighted by Crippen LogP contribution is 2.50. The van der Waals surface area contributed by atoms with E-state index in [4.69, 9.17) is 4.74 Å². The van der Waals surface area contributed by atoms with Gasteiger partial charge in [0.15, 0.2) is 6.23 Å². The van der Waals surface area contributed by atoms with Gasteiger partial charge in [0.2, 0.25) is 0 Å². The lowest BCUT2D eigenvalue weighted by Gasteiger charge is -2.12. The van der Waals surface area contributed by atoms with E-state index < -0.39 is 12.2 Å². The third kappa shape index (κ3) is 3.17. The molecule has 0 radical (unpaired) electrons. The molecule has 2 N–H and O–H groups in total. The van der Waals surface area contributed by atoms with Gasteiger partial charge in [-0.05, 0) is 41.5 Å². The van der Waals surface area contributed by atoms with Crippen molar-refractivity contribution < 1.29 is 19.7 Å². The summed E-state index contributed by atoms with van der Waals surface area (Å²) in [5.74, 6) is -0.329. The van der Waals surface area contributed by atoms with Crippen molar-refractivity contribution in [1.29, 1.82) is 0 Å². The van der Waals surface area contributed by atoms with E-state index in [1.807, 2.05) is 89.5 Å². The predicted molar refractivity (Wildman–Crippen MR) is 131 cm³/mol. The maximum atomic E-state index is 11.7. The van der Waals surface area contributed by atoms with Gasteiger partial charge in [0.05, 0.1) is 16.8 Å². The van der Waals surface area contributed by atoms with Gasteiger partial charge in [-0.25, -0.2) is 4.79 Å². The first-order chi connectivity index (χ1) is 16.6. The summed E-state index contributed by atoms with van der Waals surface area (Å²) in [6.45, 7) is 0.433. The van der Waals surface area contributed by atoms with Crippen LogP contribution in [-0.2, 0) is 6.61 Å². The molecular weight excluding hydrogens is 426 g/mol. The molecule has 4 aromatic carbocycles. The Labute approximate surface area is 196 Å². The Morgan fingerprint density at radius 3 is 2.35 bits per heavy atom. The molecule has 0 fully saturated rings. The first kappa shape index (κ1) is 20.3. The molecule has 1 atom stereocenters. The minimum absolute atomic E-state index is 0.183. The van der Waals surface area contributed by atoms with E-state index in [0.29, 0.717) is 17.9 Å². The highest BCUT2D eigenvalue weighted by molar-refractivity contribution is 6.08. The molecule has 0 saturated carbocycles. The van der Waals surface area contributed by atoms with Crippen LogP contribution < -0.4 is 4.74 Å². The topological polar surface area (TPSA) is 71.7 Å². The standard InChI is InChI=1S/C29H21NO4/c31-28-24-16-21(34-17-18-7-3-1-4-8-18)12-14-22(24)27-26(19-9-5-2-6-10-19)23-13-11-20(29(32)33)15-25(23)30(27)28/h1-16,28,31H,17H2,(H,32,33). The van der Waals surface area contributed by atoms with Gasteiger partial charge in [-0.15, -0.1) is 0 Å². The van der Waals surface area contributed by atoms with Gasteiger partial charge in [-0.2, -0.15) is 0 Å². The van der Waals surface area contributed by atoms with Gasteiger partial charge in [0, 0.05) is 22.1 Å². The Hall–Kier alpha value is -4.35. The minimum Gasteiger partial charge on any atom is -0.489 e. The summed E-state index contributed by atoms with van der Waals surface area (Å²) in [5.41, 5.74) is 6.44. The van der Waals surface area contributed by atoms with Crippen LogP contribution in [0.3, 0.4) is 0 Å². The normalized spacial score (nSPS) is 14.1. The Balaban J connectivity index is 1.50. The Bertz CT molecular complexity index is 1540. The Morgan fingerprint density at radius 2 is 1.62 bits per heavy atom. The number of benzene rings is 4. The van der Waals surface area contributed by atoms with Gasteiger partial charge >= 0.3 is 5.97 Å². The van der Waals surface area contributed by atoms with Crippen LogP contribution in [0.5, 0.6) is 5.75 Å². The number of carbonyl (C=O) groups is 1. The van der Waals surface area contributed by atoms with Crippen LogP contribution >= 0.6 is 0 Å². The van der Waals surface area contributed by atoms with Crippen molar-refractivity contribution in [3.63, 3.8) is 0 Å². The summed E-state index contributed by atoms with van der Waals surface area (Å²) in [7, 11) is 0. The lowest BCUT2D eigenvalue weighted by Crippen LogP contribution is -2.05. The van der Waals surface area contributed by atoms with Gasteiger partial charge in [0.25, 0.3) is 0 Å². The van der Waals surface area contributed by atoms with Crippen molar-refractivity contribution in [2.75, 3.05) is 0 Å². The van der Waals surface area contributed by atoms with Crippen molar-refractivity contribution in [1.82, 2.24) is 4.57 Å². The average molecular weight is 447 g/mol.